The quantitative estimate of drug-likeness (QED) is 0.757. The van der Waals surface area contributed by atoms with Gasteiger partial charge in [0.05, 0.1) is 17.1 Å². The van der Waals surface area contributed by atoms with E-state index in [1.54, 1.807) is 6.20 Å². The summed E-state index contributed by atoms with van der Waals surface area (Å²) < 4.78 is 0.818. The molecule has 0 fully saturated rings. The summed E-state index contributed by atoms with van der Waals surface area (Å²) in [6.45, 7) is 0. The molecule has 0 unspecified atom stereocenters. The lowest BCUT2D eigenvalue weighted by atomic mass is 10.5. The summed E-state index contributed by atoms with van der Waals surface area (Å²) in [5, 5.41) is 7.57. The van der Waals surface area contributed by atoms with Crippen molar-refractivity contribution in [1.82, 2.24) is 15.2 Å². The minimum atomic E-state index is -0.517. The highest BCUT2D eigenvalue weighted by Crippen LogP contribution is 2.18. The molecule has 0 spiro atoms. The first kappa shape index (κ1) is 9.82. The Hall–Kier alpha value is -1.27. The van der Waals surface area contributed by atoms with Crippen LogP contribution in [-0.2, 0) is 0 Å². The van der Waals surface area contributed by atoms with Gasteiger partial charge in [-0.3, -0.25) is 4.79 Å². The second-order valence-corrected chi connectivity index (χ2v) is 3.15. The zero-order valence-electron chi connectivity index (χ0n) is 6.30. The van der Waals surface area contributed by atoms with Crippen LogP contribution in [0.5, 0.6) is 0 Å². The van der Waals surface area contributed by atoms with Crippen LogP contribution in [0.15, 0.2) is 12.4 Å². The van der Waals surface area contributed by atoms with Crippen LogP contribution in [0.2, 0.25) is 0 Å². The Morgan fingerprint density at radius 1 is 1.38 bits per heavy atom. The zero-order chi connectivity index (χ0) is 8.55. The van der Waals surface area contributed by atoms with Crippen molar-refractivity contribution in [3.63, 3.8) is 0 Å². The van der Waals surface area contributed by atoms with Crippen LogP contribution in [0.4, 0.5) is 0 Å². The standard InChI is InChI=1S/C6H4N4OS.ClH/c7-5(11)6-10-3-1-8-9-2-4(3)12-6;/h1-2H,(H2,7,11);1H. The molecule has 2 rings (SSSR count). The summed E-state index contributed by atoms with van der Waals surface area (Å²) >= 11 is 1.22. The zero-order valence-corrected chi connectivity index (χ0v) is 7.93. The van der Waals surface area contributed by atoms with Gasteiger partial charge < -0.3 is 5.73 Å². The van der Waals surface area contributed by atoms with E-state index < -0.39 is 5.91 Å². The van der Waals surface area contributed by atoms with Crippen molar-refractivity contribution < 1.29 is 4.79 Å². The lowest BCUT2D eigenvalue weighted by Gasteiger charge is -1.79. The number of fused-ring (bicyclic) bond motifs is 1. The molecule has 13 heavy (non-hydrogen) atoms. The Bertz CT molecular complexity index is 410. The van der Waals surface area contributed by atoms with Gasteiger partial charge in [0.1, 0.15) is 5.52 Å². The van der Waals surface area contributed by atoms with E-state index in [0.29, 0.717) is 10.5 Å². The normalized spacial score (nSPS) is 9.54. The number of carbonyl (C=O) groups excluding carboxylic acids is 1. The molecule has 2 aromatic heterocycles. The van der Waals surface area contributed by atoms with E-state index in [0.717, 1.165) is 4.70 Å². The number of rotatable bonds is 1. The van der Waals surface area contributed by atoms with Crippen molar-refractivity contribution in [1.29, 1.82) is 0 Å². The van der Waals surface area contributed by atoms with Crippen LogP contribution in [0.3, 0.4) is 0 Å². The number of amides is 1. The molecule has 5 nitrogen and oxygen atoms in total. The first-order valence-electron chi connectivity index (χ1n) is 3.14. The summed E-state index contributed by atoms with van der Waals surface area (Å²) in [6, 6.07) is 0. The number of hydrogen-bond donors (Lipinski definition) is 1. The average molecular weight is 217 g/mol. The van der Waals surface area contributed by atoms with Crippen LogP contribution in [0.25, 0.3) is 10.2 Å². The maximum Gasteiger partial charge on any atom is 0.277 e. The summed E-state index contributed by atoms with van der Waals surface area (Å²) in [5.74, 6) is -0.517. The number of thiazole rings is 1. The van der Waals surface area contributed by atoms with Gasteiger partial charge in [-0.25, -0.2) is 4.98 Å². The number of carbonyl (C=O) groups is 1. The third kappa shape index (κ3) is 1.73. The predicted molar refractivity (Wildman–Crippen MR) is 51.0 cm³/mol. The molecule has 2 aromatic rings. The molecule has 2 heterocycles. The van der Waals surface area contributed by atoms with Gasteiger partial charge in [0.2, 0.25) is 0 Å². The number of aromatic nitrogens is 3. The van der Waals surface area contributed by atoms with Gasteiger partial charge in [0, 0.05) is 0 Å². The van der Waals surface area contributed by atoms with E-state index in [-0.39, 0.29) is 12.4 Å². The SMILES string of the molecule is Cl.NC(=O)c1nc2cnncc2s1. The minimum Gasteiger partial charge on any atom is -0.364 e. The van der Waals surface area contributed by atoms with Crippen LogP contribution in [0, 0.1) is 0 Å². The van der Waals surface area contributed by atoms with Crippen molar-refractivity contribution >= 4 is 39.9 Å². The molecular formula is C6H5ClN4OS. The van der Waals surface area contributed by atoms with Gasteiger partial charge in [0.25, 0.3) is 5.91 Å². The number of halogens is 1. The van der Waals surface area contributed by atoms with Gasteiger partial charge in [-0.1, -0.05) is 0 Å². The third-order valence-corrected chi connectivity index (χ3v) is 2.33. The van der Waals surface area contributed by atoms with E-state index in [9.17, 15) is 4.79 Å². The van der Waals surface area contributed by atoms with E-state index in [1.807, 2.05) is 0 Å². The van der Waals surface area contributed by atoms with Gasteiger partial charge in [-0.05, 0) is 0 Å². The third-order valence-electron chi connectivity index (χ3n) is 1.31. The fourth-order valence-corrected chi connectivity index (χ4v) is 1.56. The molecule has 7 heteroatoms. The largest absolute Gasteiger partial charge is 0.364 e. The summed E-state index contributed by atoms with van der Waals surface area (Å²) in [6.07, 6.45) is 3.05. The van der Waals surface area contributed by atoms with Crippen molar-refractivity contribution in [2.45, 2.75) is 0 Å². The van der Waals surface area contributed by atoms with Gasteiger partial charge in [-0.2, -0.15) is 10.2 Å². The minimum absolute atomic E-state index is 0. The molecule has 2 N–H and O–H groups in total. The van der Waals surface area contributed by atoms with Gasteiger partial charge in [0.15, 0.2) is 5.01 Å². The summed E-state index contributed by atoms with van der Waals surface area (Å²) in [5.41, 5.74) is 5.70. The molecule has 1 amide bonds. The molecule has 0 aliphatic rings. The second kappa shape index (κ2) is 3.63. The molecule has 0 radical (unpaired) electrons. The van der Waals surface area contributed by atoms with Crippen LogP contribution < -0.4 is 5.73 Å². The maximum atomic E-state index is 10.7. The first-order valence-corrected chi connectivity index (χ1v) is 3.96. The number of hydrogen-bond acceptors (Lipinski definition) is 5. The Balaban J connectivity index is 0.000000845. The number of nitrogens with zero attached hydrogens (tertiary/aromatic N) is 3. The molecule has 0 bridgehead atoms. The average Bonchev–Trinajstić information content (AvgIpc) is 2.46. The van der Waals surface area contributed by atoms with Crippen LogP contribution >= 0.6 is 23.7 Å². The Morgan fingerprint density at radius 3 is 2.69 bits per heavy atom. The van der Waals surface area contributed by atoms with Crippen molar-refractivity contribution in [3.05, 3.63) is 17.4 Å². The Kier molecular flexibility index (Phi) is 2.74. The molecule has 0 saturated heterocycles. The Labute approximate surface area is 83.4 Å². The summed E-state index contributed by atoms with van der Waals surface area (Å²) in [4.78, 5) is 14.7. The van der Waals surface area contributed by atoms with Crippen molar-refractivity contribution in [2.24, 2.45) is 5.73 Å². The van der Waals surface area contributed by atoms with Crippen LogP contribution in [0.1, 0.15) is 9.80 Å². The molecule has 0 aliphatic carbocycles. The van der Waals surface area contributed by atoms with E-state index in [2.05, 4.69) is 15.2 Å². The first-order chi connectivity index (χ1) is 5.77. The lowest BCUT2D eigenvalue weighted by Crippen LogP contribution is -2.09. The lowest BCUT2D eigenvalue weighted by molar-refractivity contribution is 0.1000. The highest BCUT2D eigenvalue weighted by molar-refractivity contribution is 7.20. The molecular weight excluding hydrogens is 212 g/mol. The number of nitrogens with two attached hydrogens (primary N) is 1. The smallest absolute Gasteiger partial charge is 0.277 e. The van der Waals surface area contributed by atoms with Crippen LogP contribution in [-0.4, -0.2) is 21.1 Å². The highest BCUT2D eigenvalue weighted by atomic mass is 35.5. The topological polar surface area (TPSA) is 81.8 Å². The second-order valence-electron chi connectivity index (χ2n) is 2.12. The van der Waals surface area contributed by atoms with E-state index in [1.165, 1.54) is 17.5 Å². The molecule has 0 saturated carbocycles. The Morgan fingerprint density at radius 2 is 2.08 bits per heavy atom. The molecule has 0 aromatic carbocycles. The van der Waals surface area contributed by atoms with Crippen molar-refractivity contribution in [2.75, 3.05) is 0 Å². The van der Waals surface area contributed by atoms with Crippen molar-refractivity contribution in [3.8, 4) is 0 Å². The fraction of sp³-hybridized carbons (Fsp3) is 0. The van der Waals surface area contributed by atoms with E-state index in [4.69, 9.17) is 5.73 Å². The number of primary amides is 1. The fourth-order valence-electron chi connectivity index (χ4n) is 0.808. The van der Waals surface area contributed by atoms with Gasteiger partial charge in [-0.15, -0.1) is 23.7 Å². The monoisotopic (exact) mass is 216 g/mol. The molecule has 0 atom stereocenters. The highest BCUT2D eigenvalue weighted by Gasteiger charge is 2.07. The van der Waals surface area contributed by atoms with E-state index >= 15 is 0 Å². The predicted octanol–water partition coefficient (Wildman–Crippen LogP) is 0.607. The molecule has 0 aliphatic heterocycles. The van der Waals surface area contributed by atoms with Gasteiger partial charge >= 0.3 is 0 Å². The molecule has 68 valence electrons. The summed E-state index contributed by atoms with van der Waals surface area (Å²) in [7, 11) is 0. The maximum absolute atomic E-state index is 10.7.